The minimum atomic E-state index is -4.07. The highest BCUT2D eigenvalue weighted by molar-refractivity contribution is 7.80. The zero-order valence-corrected chi connectivity index (χ0v) is 22.7. The first-order valence-electron chi connectivity index (χ1n) is 13.1. The molecule has 1 fully saturated rings. The number of benzene rings is 3. The van der Waals surface area contributed by atoms with E-state index in [1.165, 1.54) is 49.8 Å². The van der Waals surface area contributed by atoms with Crippen LogP contribution in [0.5, 0.6) is 0 Å². The van der Waals surface area contributed by atoms with Gasteiger partial charge in [-0.3, -0.25) is 9.69 Å². The first kappa shape index (κ1) is 29.1. The lowest BCUT2D eigenvalue weighted by Crippen LogP contribution is -2.42. The normalized spacial score (nSPS) is 13.9. The number of carboxylic acids is 1. The van der Waals surface area contributed by atoms with Crippen LogP contribution in [0, 0.1) is 0 Å². The second-order valence-corrected chi connectivity index (χ2v) is 10.4. The Kier molecular flexibility index (Phi) is 9.42. The number of nitrogens with one attached hydrogen (secondary N) is 2. The van der Waals surface area contributed by atoms with Gasteiger partial charge in [-0.1, -0.05) is 43.5 Å². The highest BCUT2D eigenvalue weighted by Gasteiger charge is 2.39. The predicted octanol–water partition coefficient (Wildman–Crippen LogP) is 6.71. The molecule has 7 nitrogen and oxygen atoms in total. The molecule has 1 aliphatic carbocycles. The molecular weight excluding hydrogens is 536 g/mol. The number of alkyl halides is 2. The van der Waals surface area contributed by atoms with Crippen molar-refractivity contribution in [1.29, 1.82) is 0 Å². The molecule has 1 aliphatic rings. The van der Waals surface area contributed by atoms with E-state index in [0.717, 1.165) is 4.90 Å². The molecule has 0 spiro atoms. The lowest BCUT2D eigenvalue weighted by Gasteiger charge is -2.26. The van der Waals surface area contributed by atoms with Crippen LogP contribution in [0.1, 0.15) is 59.5 Å². The van der Waals surface area contributed by atoms with Crippen molar-refractivity contribution in [3.63, 3.8) is 0 Å². The van der Waals surface area contributed by atoms with E-state index in [9.17, 15) is 23.2 Å². The molecule has 0 unspecified atom stereocenters. The number of nitrogens with zero attached hydrogens (tertiary/aromatic N) is 1. The van der Waals surface area contributed by atoms with E-state index in [1.807, 2.05) is 17.4 Å². The summed E-state index contributed by atoms with van der Waals surface area (Å²) in [5, 5.41) is 13.4. The molecule has 1 saturated carbocycles. The second kappa shape index (κ2) is 13.0. The van der Waals surface area contributed by atoms with Crippen LogP contribution in [0.15, 0.2) is 77.7 Å². The van der Waals surface area contributed by atoms with Crippen LogP contribution in [0.2, 0.25) is 0 Å². The average Bonchev–Trinajstić information content (AvgIpc) is 2.96. The van der Waals surface area contributed by atoms with Crippen molar-refractivity contribution in [2.75, 3.05) is 16.8 Å². The Bertz CT molecular complexity index is 1330. The van der Waals surface area contributed by atoms with E-state index in [1.54, 1.807) is 41.3 Å². The van der Waals surface area contributed by atoms with E-state index in [0.29, 0.717) is 22.9 Å². The smallest absolute Gasteiger partial charge is 0.376 e. The van der Waals surface area contributed by atoms with E-state index in [2.05, 4.69) is 30.1 Å². The van der Waals surface area contributed by atoms with Crippen molar-refractivity contribution < 1.29 is 28.3 Å². The van der Waals surface area contributed by atoms with Gasteiger partial charge in [0.1, 0.15) is 0 Å². The van der Waals surface area contributed by atoms with Crippen LogP contribution < -0.4 is 15.5 Å². The zero-order chi connectivity index (χ0) is 28.7. The molecule has 0 saturated heterocycles. The molecule has 40 heavy (non-hydrogen) atoms. The topological polar surface area (TPSA) is 98.7 Å². The molecule has 3 amide bonds. The second-order valence-electron chi connectivity index (χ2n) is 9.88. The van der Waals surface area contributed by atoms with Crippen LogP contribution in [0.3, 0.4) is 0 Å². The Morgan fingerprint density at radius 3 is 2.12 bits per heavy atom. The largest absolute Gasteiger partial charge is 0.477 e. The van der Waals surface area contributed by atoms with Crippen LogP contribution in [-0.4, -0.2) is 35.5 Å². The summed E-state index contributed by atoms with van der Waals surface area (Å²) in [4.78, 5) is 38.6. The Hall–Kier alpha value is -3.92. The highest BCUT2D eigenvalue weighted by Crippen LogP contribution is 2.33. The molecule has 0 heterocycles. The molecule has 0 aromatic heterocycles. The van der Waals surface area contributed by atoms with Gasteiger partial charge in [-0.25, -0.2) is 9.59 Å². The summed E-state index contributed by atoms with van der Waals surface area (Å²) >= 11 is 4.28. The fourth-order valence-corrected chi connectivity index (χ4v) is 4.84. The summed E-state index contributed by atoms with van der Waals surface area (Å²) in [6, 6.07) is 20.9. The summed E-state index contributed by atoms with van der Waals surface area (Å²) in [7, 11) is 0. The number of hydrogen-bond donors (Lipinski definition) is 4. The molecule has 3 aromatic rings. The van der Waals surface area contributed by atoms with Gasteiger partial charge in [-0.15, -0.1) is 12.6 Å². The first-order chi connectivity index (χ1) is 19.1. The van der Waals surface area contributed by atoms with Gasteiger partial charge in [0.25, 0.3) is 5.91 Å². The molecule has 4 rings (SSSR count). The molecular formula is C30H31F2N3O4S. The maximum atomic E-state index is 13.4. The Balaban J connectivity index is 1.50. The Labute approximate surface area is 237 Å². The van der Waals surface area contributed by atoms with E-state index < -0.39 is 24.3 Å². The average molecular weight is 568 g/mol. The summed E-state index contributed by atoms with van der Waals surface area (Å²) in [5.41, 5.74) is 3.35. The van der Waals surface area contributed by atoms with Gasteiger partial charge in [0.15, 0.2) is 0 Å². The van der Waals surface area contributed by atoms with Crippen LogP contribution in [-0.2, 0) is 11.3 Å². The van der Waals surface area contributed by atoms with Crippen molar-refractivity contribution in [1.82, 2.24) is 5.32 Å². The third-order valence-electron chi connectivity index (χ3n) is 6.99. The quantitative estimate of drug-likeness (QED) is 0.216. The van der Waals surface area contributed by atoms with E-state index in [4.69, 9.17) is 5.11 Å². The number of thiol groups is 1. The molecule has 3 N–H and O–H groups in total. The molecule has 0 atom stereocenters. The standard InChI is InChI=1S/C30H31F2N3O4S/c31-30(32,28(37)38)19-33-27(36)23-8-6-20(7-9-23)18-35(29(39)34-24-12-16-26(40)17-13-24)25-14-10-22(11-15-25)21-4-2-1-3-5-21/h6-17,21,40H,1-5,18-19H2,(H,33,36)(H,34,39)(H,37,38). The van der Waals surface area contributed by atoms with E-state index in [-0.39, 0.29) is 18.1 Å². The first-order valence-corrected chi connectivity index (χ1v) is 13.5. The highest BCUT2D eigenvalue weighted by atomic mass is 32.1. The summed E-state index contributed by atoms with van der Waals surface area (Å²) < 4.78 is 26.6. The third kappa shape index (κ3) is 7.59. The number of hydrogen-bond acceptors (Lipinski definition) is 4. The van der Waals surface area contributed by atoms with Crippen molar-refractivity contribution in [3.05, 3.63) is 89.5 Å². The fraction of sp³-hybridized carbons (Fsp3) is 0.300. The van der Waals surface area contributed by atoms with E-state index >= 15 is 0 Å². The summed E-state index contributed by atoms with van der Waals surface area (Å²) in [5.74, 6) is -6.68. The fourth-order valence-electron chi connectivity index (χ4n) is 4.69. The lowest BCUT2D eigenvalue weighted by atomic mass is 9.84. The number of carbonyl (C=O) groups excluding carboxylic acids is 2. The molecule has 0 bridgehead atoms. The maximum Gasteiger partial charge on any atom is 0.376 e. The van der Waals surface area contributed by atoms with Crippen LogP contribution >= 0.6 is 12.6 Å². The predicted molar refractivity (Wildman–Crippen MR) is 153 cm³/mol. The maximum absolute atomic E-state index is 13.4. The van der Waals surface area contributed by atoms with Crippen molar-refractivity contribution in [2.24, 2.45) is 0 Å². The Morgan fingerprint density at radius 2 is 1.52 bits per heavy atom. The lowest BCUT2D eigenvalue weighted by molar-refractivity contribution is -0.163. The molecule has 0 aliphatic heterocycles. The van der Waals surface area contributed by atoms with Gasteiger partial charge in [0, 0.05) is 21.8 Å². The van der Waals surface area contributed by atoms with Crippen molar-refractivity contribution >= 4 is 41.9 Å². The molecule has 210 valence electrons. The zero-order valence-electron chi connectivity index (χ0n) is 21.8. The number of halogens is 2. The van der Waals surface area contributed by atoms with Crippen molar-refractivity contribution in [3.8, 4) is 0 Å². The van der Waals surface area contributed by atoms with Crippen LogP contribution in [0.4, 0.5) is 25.0 Å². The summed E-state index contributed by atoms with van der Waals surface area (Å²) in [6.07, 6.45) is 6.05. The third-order valence-corrected chi connectivity index (χ3v) is 7.28. The van der Waals surface area contributed by atoms with Gasteiger partial charge >= 0.3 is 17.9 Å². The SMILES string of the molecule is O=C(NCC(F)(F)C(=O)O)c1ccc(CN(C(=O)Nc2ccc(S)cc2)c2ccc(C3CCCCC3)cc2)cc1. The van der Waals surface area contributed by atoms with Crippen molar-refractivity contribution in [2.45, 2.75) is 55.4 Å². The van der Waals surface area contributed by atoms with Gasteiger partial charge in [-0.2, -0.15) is 8.78 Å². The van der Waals surface area contributed by atoms with Gasteiger partial charge in [0.05, 0.1) is 13.1 Å². The van der Waals surface area contributed by atoms with Crippen LogP contribution in [0.25, 0.3) is 0 Å². The number of anilines is 2. The number of rotatable bonds is 9. The number of urea groups is 1. The molecule has 0 radical (unpaired) electrons. The molecule has 10 heteroatoms. The number of carbonyl (C=O) groups is 3. The number of aliphatic carboxylic acids is 1. The monoisotopic (exact) mass is 567 g/mol. The minimum Gasteiger partial charge on any atom is -0.477 e. The number of carboxylic acid groups (broad SMARTS) is 1. The van der Waals surface area contributed by atoms with Gasteiger partial charge in [0.2, 0.25) is 0 Å². The molecule has 3 aromatic carbocycles. The minimum absolute atomic E-state index is 0.0876. The Morgan fingerprint density at radius 1 is 0.900 bits per heavy atom. The number of amides is 3. The van der Waals surface area contributed by atoms with Gasteiger partial charge < -0.3 is 15.7 Å². The van der Waals surface area contributed by atoms with Gasteiger partial charge in [-0.05, 0) is 78.4 Å². The summed E-state index contributed by atoms with van der Waals surface area (Å²) in [6.45, 7) is -1.14.